The third-order valence-corrected chi connectivity index (χ3v) is 2.69. The smallest absolute Gasteiger partial charge is 0.258 e. The van der Waals surface area contributed by atoms with Crippen molar-refractivity contribution in [1.82, 2.24) is 0 Å². The highest BCUT2D eigenvalue weighted by Crippen LogP contribution is 2.23. The molecule has 1 aliphatic carbocycles. The van der Waals surface area contributed by atoms with E-state index in [-0.39, 0.29) is 11.6 Å². The molecule has 0 spiro atoms. The van der Waals surface area contributed by atoms with E-state index in [2.05, 4.69) is 32.8 Å². The van der Waals surface area contributed by atoms with Crippen molar-refractivity contribution in [3.8, 4) is 0 Å². The lowest BCUT2D eigenvalue weighted by Crippen LogP contribution is -2.16. The predicted octanol–water partition coefficient (Wildman–Crippen LogP) is 1.54. The molecule has 2 aliphatic rings. The summed E-state index contributed by atoms with van der Waals surface area (Å²) in [6.45, 7) is 0. The largest absolute Gasteiger partial charge is 0.271 e. The third-order valence-electron chi connectivity index (χ3n) is 1.80. The fraction of sp³-hybridized carbons (Fsp3) is 0.143. The van der Waals surface area contributed by atoms with Crippen LogP contribution in [0, 0.1) is 16.0 Å². The summed E-state index contributed by atoms with van der Waals surface area (Å²) < 4.78 is 0.850. The molecule has 5 nitrogen and oxygen atoms in total. The van der Waals surface area contributed by atoms with Crippen molar-refractivity contribution in [3.05, 3.63) is 34.0 Å². The zero-order chi connectivity index (χ0) is 9.42. The van der Waals surface area contributed by atoms with Gasteiger partial charge < -0.3 is 0 Å². The summed E-state index contributed by atoms with van der Waals surface area (Å²) in [5.41, 5.74) is 0.718. The highest BCUT2D eigenvalue weighted by atomic mass is 127. The van der Waals surface area contributed by atoms with Gasteiger partial charge in [-0.15, -0.1) is 5.10 Å². The van der Waals surface area contributed by atoms with E-state index in [1.807, 2.05) is 0 Å². The van der Waals surface area contributed by atoms with E-state index in [1.54, 1.807) is 6.08 Å². The number of allylic oxidation sites excluding steroid dienone is 3. The Morgan fingerprint density at radius 1 is 1.54 bits per heavy atom. The van der Waals surface area contributed by atoms with E-state index >= 15 is 0 Å². The number of nitrogens with zero attached hydrogens (tertiary/aromatic N) is 3. The second-order valence-corrected chi connectivity index (χ2v) is 3.72. The van der Waals surface area contributed by atoms with Gasteiger partial charge in [0.2, 0.25) is 0 Å². The lowest BCUT2D eigenvalue weighted by atomic mass is 9.99. The number of halogens is 1. The van der Waals surface area contributed by atoms with Gasteiger partial charge in [0, 0.05) is 12.2 Å². The Morgan fingerprint density at radius 2 is 2.31 bits per heavy atom. The molecule has 2 rings (SSSR count). The molecule has 0 saturated heterocycles. The molecule has 13 heavy (non-hydrogen) atoms. The zero-order valence-corrected chi connectivity index (χ0v) is 8.50. The highest BCUT2D eigenvalue weighted by Gasteiger charge is 2.27. The summed E-state index contributed by atoms with van der Waals surface area (Å²) in [6.07, 6.45) is 4.69. The van der Waals surface area contributed by atoms with Gasteiger partial charge in [-0.2, -0.15) is 5.10 Å². The van der Waals surface area contributed by atoms with Gasteiger partial charge in [0.15, 0.2) is 0 Å². The molecule has 1 heterocycles. The van der Waals surface area contributed by atoms with Crippen LogP contribution in [-0.2, 0) is 0 Å². The van der Waals surface area contributed by atoms with Gasteiger partial charge in [0.25, 0.3) is 5.70 Å². The van der Waals surface area contributed by atoms with Crippen molar-refractivity contribution in [2.45, 2.75) is 0 Å². The van der Waals surface area contributed by atoms with Gasteiger partial charge in [-0.1, -0.05) is 6.08 Å². The molecule has 0 fully saturated rings. The first-order valence-electron chi connectivity index (χ1n) is 3.53. The van der Waals surface area contributed by atoms with Crippen molar-refractivity contribution in [2.24, 2.45) is 16.1 Å². The minimum Gasteiger partial charge on any atom is -0.258 e. The van der Waals surface area contributed by atoms with Crippen LogP contribution >= 0.6 is 22.6 Å². The molecule has 0 bridgehead atoms. The molecule has 0 unspecified atom stereocenters. The zero-order valence-electron chi connectivity index (χ0n) is 6.35. The summed E-state index contributed by atoms with van der Waals surface area (Å²) in [7, 11) is 0. The van der Waals surface area contributed by atoms with Gasteiger partial charge in [-0.3, -0.25) is 10.1 Å². The van der Waals surface area contributed by atoms with E-state index < -0.39 is 4.92 Å². The van der Waals surface area contributed by atoms with E-state index in [9.17, 15) is 10.1 Å². The molecule has 0 aromatic heterocycles. The Kier molecular flexibility index (Phi) is 1.98. The molecule has 0 aromatic carbocycles. The van der Waals surface area contributed by atoms with Crippen LogP contribution < -0.4 is 0 Å². The summed E-state index contributed by atoms with van der Waals surface area (Å²) >= 11 is 2.08. The molecule has 66 valence electrons. The van der Waals surface area contributed by atoms with Crippen molar-refractivity contribution in [2.75, 3.05) is 0 Å². The molecule has 0 aromatic rings. The standard InChI is InChI=1S/C7H4IN3O2/c8-7-5-2-1-4(11(12)13)3-6(5)9-10-7/h1-3,5H/t5-/m0/s1. The van der Waals surface area contributed by atoms with Crippen LogP contribution in [0.3, 0.4) is 0 Å². The first-order valence-corrected chi connectivity index (χ1v) is 4.61. The third kappa shape index (κ3) is 1.41. The van der Waals surface area contributed by atoms with Crippen LogP contribution in [0.2, 0.25) is 0 Å². The maximum Gasteiger partial charge on any atom is 0.271 e. The maximum absolute atomic E-state index is 10.4. The molecule has 0 N–H and O–H groups in total. The number of nitro groups is 1. The quantitative estimate of drug-likeness (QED) is 0.417. The molecular weight excluding hydrogens is 285 g/mol. The molecule has 0 radical (unpaired) electrons. The number of fused-ring (bicyclic) bond motifs is 1. The van der Waals surface area contributed by atoms with Crippen molar-refractivity contribution >= 4 is 32.0 Å². The van der Waals surface area contributed by atoms with Crippen molar-refractivity contribution in [1.29, 1.82) is 0 Å². The lowest BCUT2D eigenvalue weighted by molar-refractivity contribution is -0.418. The number of hydrogen-bond donors (Lipinski definition) is 0. The summed E-state index contributed by atoms with van der Waals surface area (Å²) in [5.74, 6) is 0.0318. The fourth-order valence-corrected chi connectivity index (χ4v) is 1.79. The molecule has 6 heteroatoms. The van der Waals surface area contributed by atoms with E-state index in [0.717, 1.165) is 3.72 Å². The van der Waals surface area contributed by atoms with Crippen LogP contribution in [0.5, 0.6) is 0 Å². The fourth-order valence-electron chi connectivity index (χ4n) is 1.16. The molecule has 1 aliphatic heterocycles. The monoisotopic (exact) mass is 289 g/mol. The minimum absolute atomic E-state index is 0.0318. The van der Waals surface area contributed by atoms with Crippen LogP contribution in [0.25, 0.3) is 0 Å². The van der Waals surface area contributed by atoms with Crippen LogP contribution in [0.1, 0.15) is 0 Å². The van der Waals surface area contributed by atoms with Gasteiger partial charge in [0.05, 0.1) is 16.6 Å². The van der Waals surface area contributed by atoms with Gasteiger partial charge in [-0.05, 0) is 22.6 Å². The van der Waals surface area contributed by atoms with Gasteiger partial charge in [-0.25, -0.2) is 0 Å². The molecule has 0 saturated carbocycles. The normalized spacial score (nSPS) is 24.7. The van der Waals surface area contributed by atoms with E-state index in [1.165, 1.54) is 12.2 Å². The maximum atomic E-state index is 10.4. The van der Waals surface area contributed by atoms with Crippen molar-refractivity contribution < 1.29 is 4.92 Å². The minimum atomic E-state index is -0.430. The molecule has 0 amide bonds. The highest BCUT2D eigenvalue weighted by molar-refractivity contribution is 14.1. The summed E-state index contributed by atoms with van der Waals surface area (Å²) in [4.78, 5) is 9.99. The number of hydrogen-bond acceptors (Lipinski definition) is 4. The van der Waals surface area contributed by atoms with Gasteiger partial charge >= 0.3 is 0 Å². The topological polar surface area (TPSA) is 67.9 Å². The van der Waals surface area contributed by atoms with Crippen LogP contribution in [0.15, 0.2) is 34.1 Å². The molecular formula is C7H4IN3O2. The van der Waals surface area contributed by atoms with E-state index in [0.29, 0.717) is 5.71 Å². The second kappa shape index (κ2) is 3.02. The Balaban J connectivity index is 2.33. The average molecular weight is 289 g/mol. The summed E-state index contributed by atoms with van der Waals surface area (Å²) in [5, 5.41) is 18.1. The SMILES string of the molecule is O=[N+]([O-])C1=CC2=NN=C(I)[C@H]2C=C1. The first-order chi connectivity index (χ1) is 6.18. The van der Waals surface area contributed by atoms with Crippen LogP contribution in [-0.4, -0.2) is 14.4 Å². The average Bonchev–Trinajstić information content (AvgIpc) is 2.47. The second-order valence-electron chi connectivity index (χ2n) is 2.61. The van der Waals surface area contributed by atoms with Crippen molar-refractivity contribution in [3.63, 3.8) is 0 Å². The predicted molar refractivity (Wildman–Crippen MR) is 56.6 cm³/mol. The summed E-state index contributed by atoms with van der Waals surface area (Å²) in [6, 6.07) is 0. The Labute approximate surface area is 87.2 Å². The van der Waals surface area contributed by atoms with E-state index in [4.69, 9.17) is 0 Å². The Bertz CT molecular complexity index is 395. The Hall–Kier alpha value is -1.05. The number of rotatable bonds is 1. The Morgan fingerprint density at radius 3 is 3.00 bits per heavy atom. The first kappa shape index (κ1) is 8.54. The van der Waals surface area contributed by atoms with Crippen LogP contribution in [0.4, 0.5) is 0 Å². The molecule has 1 atom stereocenters. The lowest BCUT2D eigenvalue weighted by Gasteiger charge is -2.07. The van der Waals surface area contributed by atoms with Gasteiger partial charge in [0.1, 0.15) is 3.72 Å².